The van der Waals surface area contributed by atoms with Gasteiger partial charge in [-0.25, -0.2) is 0 Å². The van der Waals surface area contributed by atoms with E-state index in [0.29, 0.717) is 23.5 Å². The summed E-state index contributed by atoms with van der Waals surface area (Å²) in [6.07, 6.45) is 0. The molecule has 1 aliphatic rings. The highest BCUT2D eigenvalue weighted by Crippen LogP contribution is 2.28. The number of hydrogen-bond acceptors (Lipinski definition) is 4. The van der Waals surface area contributed by atoms with Gasteiger partial charge in [0, 0.05) is 11.3 Å². The number of nitrogens with one attached hydrogen (secondary N) is 2. The average Bonchev–Trinajstić information content (AvgIpc) is 2.52. The van der Waals surface area contributed by atoms with Crippen molar-refractivity contribution in [3.63, 3.8) is 0 Å². The van der Waals surface area contributed by atoms with Gasteiger partial charge in [0.2, 0.25) is 0 Å². The lowest BCUT2D eigenvalue weighted by molar-refractivity contribution is -0.118. The highest BCUT2D eigenvalue weighted by molar-refractivity contribution is 5.98. The molecule has 0 bridgehead atoms. The zero-order chi connectivity index (χ0) is 15.5. The van der Waals surface area contributed by atoms with Crippen LogP contribution in [0.1, 0.15) is 21.7 Å². The summed E-state index contributed by atoms with van der Waals surface area (Å²) in [5, 5.41) is 5.50. The second kappa shape index (κ2) is 5.85. The van der Waals surface area contributed by atoms with Gasteiger partial charge in [0.1, 0.15) is 5.75 Å². The lowest BCUT2D eigenvalue weighted by Gasteiger charge is -2.18. The normalized spacial score (nSPS) is 12.9. The number of amides is 2. The first-order valence-electron chi connectivity index (χ1n) is 6.89. The van der Waals surface area contributed by atoms with Crippen molar-refractivity contribution >= 4 is 17.5 Å². The van der Waals surface area contributed by atoms with E-state index in [2.05, 4.69) is 15.6 Å². The number of carbonyl (C=O) groups excluding carboxylic acids is 2. The molecule has 2 aromatic rings. The topological polar surface area (TPSA) is 80.3 Å². The molecule has 0 unspecified atom stereocenters. The van der Waals surface area contributed by atoms with E-state index in [9.17, 15) is 9.59 Å². The SMILES string of the molecule is Cc1cccc(CNC(=O)c2ccc3c(c2)OCC(=O)N3)n1. The first-order chi connectivity index (χ1) is 10.6. The lowest BCUT2D eigenvalue weighted by Crippen LogP contribution is -2.27. The molecule has 3 rings (SSSR count). The predicted molar refractivity (Wildman–Crippen MR) is 80.7 cm³/mol. The minimum atomic E-state index is -0.216. The molecule has 6 nitrogen and oxygen atoms in total. The van der Waals surface area contributed by atoms with Crippen molar-refractivity contribution < 1.29 is 14.3 Å². The molecule has 6 heteroatoms. The number of aromatic nitrogens is 1. The number of benzene rings is 1. The molecule has 0 saturated carbocycles. The molecular formula is C16H15N3O3. The summed E-state index contributed by atoms with van der Waals surface area (Å²) in [6.45, 7) is 2.22. The molecule has 2 heterocycles. The first-order valence-corrected chi connectivity index (χ1v) is 6.89. The van der Waals surface area contributed by atoms with Gasteiger partial charge in [0.25, 0.3) is 11.8 Å². The molecule has 0 atom stereocenters. The minimum Gasteiger partial charge on any atom is -0.482 e. The third-order valence-corrected chi connectivity index (χ3v) is 3.25. The van der Waals surface area contributed by atoms with E-state index in [1.54, 1.807) is 18.2 Å². The van der Waals surface area contributed by atoms with Crippen LogP contribution >= 0.6 is 0 Å². The van der Waals surface area contributed by atoms with Crippen molar-refractivity contribution in [2.75, 3.05) is 11.9 Å². The fourth-order valence-corrected chi connectivity index (χ4v) is 2.19. The maximum atomic E-state index is 12.2. The van der Waals surface area contributed by atoms with Gasteiger partial charge in [-0.15, -0.1) is 0 Å². The van der Waals surface area contributed by atoms with Crippen molar-refractivity contribution in [3.8, 4) is 5.75 Å². The molecule has 0 aliphatic carbocycles. The Hall–Kier alpha value is -2.89. The first kappa shape index (κ1) is 14.1. The predicted octanol–water partition coefficient (Wildman–Crippen LogP) is 1.65. The molecule has 1 aromatic heterocycles. The Morgan fingerprint density at radius 1 is 1.36 bits per heavy atom. The molecule has 0 saturated heterocycles. The van der Waals surface area contributed by atoms with Gasteiger partial charge in [-0.2, -0.15) is 0 Å². The van der Waals surface area contributed by atoms with Crippen LogP contribution in [0, 0.1) is 6.92 Å². The van der Waals surface area contributed by atoms with E-state index in [1.807, 2.05) is 25.1 Å². The highest BCUT2D eigenvalue weighted by atomic mass is 16.5. The molecule has 1 aromatic carbocycles. The summed E-state index contributed by atoms with van der Waals surface area (Å²) in [4.78, 5) is 27.7. The molecule has 2 amide bonds. The van der Waals surface area contributed by atoms with Gasteiger partial charge in [0.05, 0.1) is 17.9 Å². The summed E-state index contributed by atoms with van der Waals surface area (Å²) in [7, 11) is 0. The number of rotatable bonds is 3. The maximum absolute atomic E-state index is 12.2. The van der Waals surface area contributed by atoms with Crippen LogP contribution in [0.15, 0.2) is 36.4 Å². The van der Waals surface area contributed by atoms with Gasteiger partial charge >= 0.3 is 0 Å². The third-order valence-electron chi connectivity index (χ3n) is 3.25. The van der Waals surface area contributed by atoms with Gasteiger partial charge in [0.15, 0.2) is 6.61 Å². The van der Waals surface area contributed by atoms with Crippen molar-refractivity contribution in [2.45, 2.75) is 13.5 Å². The van der Waals surface area contributed by atoms with Crippen LogP contribution in [-0.2, 0) is 11.3 Å². The van der Waals surface area contributed by atoms with Crippen LogP contribution in [0.25, 0.3) is 0 Å². The molecule has 0 spiro atoms. The fraction of sp³-hybridized carbons (Fsp3) is 0.188. The van der Waals surface area contributed by atoms with Crippen molar-refractivity contribution in [1.29, 1.82) is 0 Å². The molecule has 1 aliphatic heterocycles. The van der Waals surface area contributed by atoms with Gasteiger partial charge in [-0.1, -0.05) is 6.07 Å². The summed E-state index contributed by atoms with van der Waals surface area (Å²) in [5.74, 6) is 0.0859. The van der Waals surface area contributed by atoms with Crippen molar-refractivity contribution in [3.05, 3.63) is 53.3 Å². The standard InChI is InChI=1S/C16H15N3O3/c1-10-3-2-4-12(18-10)8-17-16(21)11-5-6-13-14(7-11)22-9-15(20)19-13/h2-7H,8-9H2,1H3,(H,17,21)(H,19,20). The summed E-state index contributed by atoms with van der Waals surface area (Å²) >= 11 is 0. The monoisotopic (exact) mass is 297 g/mol. The molecule has 0 fully saturated rings. The van der Waals surface area contributed by atoms with Crippen LogP contribution < -0.4 is 15.4 Å². The highest BCUT2D eigenvalue weighted by Gasteiger charge is 2.17. The zero-order valence-electron chi connectivity index (χ0n) is 12.1. The van der Waals surface area contributed by atoms with E-state index >= 15 is 0 Å². The Bertz CT molecular complexity index is 743. The Labute approximate surface area is 127 Å². The van der Waals surface area contributed by atoms with E-state index in [0.717, 1.165) is 11.4 Å². The molecule has 2 N–H and O–H groups in total. The van der Waals surface area contributed by atoms with Crippen molar-refractivity contribution in [1.82, 2.24) is 10.3 Å². The quantitative estimate of drug-likeness (QED) is 0.902. The molecule has 112 valence electrons. The molecular weight excluding hydrogens is 282 g/mol. The van der Waals surface area contributed by atoms with E-state index < -0.39 is 0 Å². The Kier molecular flexibility index (Phi) is 3.74. The smallest absolute Gasteiger partial charge is 0.262 e. The van der Waals surface area contributed by atoms with Crippen LogP contribution in [0.4, 0.5) is 5.69 Å². The van der Waals surface area contributed by atoms with Gasteiger partial charge < -0.3 is 15.4 Å². The second-order valence-corrected chi connectivity index (χ2v) is 5.00. The number of nitrogens with zero attached hydrogens (tertiary/aromatic N) is 1. The van der Waals surface area contributed by atoms with Crippen molar-refractivity contribution in [2.24, 2.45) is 0 Å². The number of fused-ring (bicyclic) bond motifs is 1. The summed E-state index contributed by atoms with van der Waals surface area (Å²) in [5.41, 5.74) is 2.76. The maximum Gasteiger partial charge on any atom is 0.262 e. The summed E-state index contributed by atoms with van der Waals surface area (Å²) < 4.78 is 5.30. The number of aryl methyl sites for hydroxylation is 1. The van der Waals surface area contributed by atoms with E-state index in [1.165, 1.54) is 0 Å². The van der Waals surface area contributed by atoms with Gasteiger partial charge in [-0.05, 0) is 37.3 Å². The Balaban J connectivity index is 1.69. The lowest BCUT2D eigenvalue weighted by atomic mass is 10.1. The number of hydrogen-bond donors (Lipinski definition) is 2. The summed E-state index contributed by atoms with van der Waals surface area (Å²) in [6, 6.07) is 10.6. The molecule has 22 heavy (non-hydrogen) atoms. The van der Waals surface area contributed by atoms with Crippen LogP contribution in [0.2, 0.25) is 0 Å². The van der Waals surface area contributed by atoms with Gasteiger partial charge in [-0.3, -0.25) is 14.6 Å². The minimum absolute atomic E-state index is 0.0364. The zero-order valence-corrected chi connectivity index (χ0v) is 12.1. The van der Waals surface area contributed by atoms with E-state index in [-0.39, 0.29) is 18.4 Å². The second-order valence-electron chi connectivity index (χ2n) is 5.00. The average molecular weight is 297 g/mol. The van der Waals surface area contributed by atoms with Crippen LogP contribution in [-0.4, -0.2) is 23.4 Å². The number of carbonyl (C=O) groups is 2. The van der Waals surface area contributed by atoms with Crippen LogP contribution in [0.5, 0.6) is 5.75 Å². The number of pyridine rings is 1. The number of ether oxygens (including phenoxy) is 1. The Morgan fingerprint density at radius 2 is 2.23 bits per heavy atom. The van der Waals surface area contributed by atoms with Crippen LogP contribution in [0.3, 0.4) is 0 Å². The number of anilines is 1. The van der Waals surface area contributed by atoms with E-state index in [4.69, 9.17) is 4.74 Å². The Morgan fingerprint density at radius 3 is 3.05 bits per heavy atom. The third kappa shape index (κ3) is 3.06. The fourth-order valence-electron chi connectivity index (χ4n) is 2.19. The molecule has 0 radical (unpaired) electrons. The largest absolute Gasteiger partial charge is 0.482 e.